The van der Waals surface area contributed by atoms with Crippen LogP contribution in [0.4, 0.5) is 0 Å². The molecule has 1 spiro atoms. The highest BCUT2D eigenvalue weighted by Crippen LogP contribution is 2.62. The second kappa shape index (κ2) is 8.90. The lowest BCUT2D eigenvalue weighted by molar-refractivity contribution is 0.792. The number of rotatable bonds is 3. The topological polar surface area (TPSA) is 0 Å². The lowest BCUT2D eigenvalue weighted by atomic mass is 9.70. The Hall–Kier alpha value is -5.20. The van der Waals surface area contributed by atoms with Gasteiger partial charge in [-0.05, 0) is 84.0 Å². The van der Waals surface area contributed by atoms with E-state index in [1.165, 1.54) is 77.5 Å². The molecule has 0 saturated carbocycles. The van der Waals surface area contributed by atoms with Crippen LogP contribution >= 0.6 is 0 Å². The fourth-order valence-electron chi connectivity index (χ4n) is 7.77. The Morgan fingerprint density at radius 1 is 0.357 bits per heavy atom. The Morgan fingerprint density at radius 3 is 1.52 bits per heavy atom. The predicted octanol–water partition coefficient (Wildman–Crippen LogP) is 10.4. The summed E-state index contributed by atoms with van der Waals surface area (Å²) >= 11 is 0. The van der Waals surface area contributed by atoms with Crippen molar-refractivity contribution in [1.29, 1.82) is 0 Å². The minimum absolute atomic E-state index is 0.284. The molecular weight excluding hydrogens is 504 g/mol. The van der Waals surface area contributed by atoms with Crippen molar-refractivity contribution in [3.63, 3.8) is 0 Å². The van der Waals surface area contributed by atoms with Crippen LogP contribution in [0.5, 0.6) is 0 Å². The Labute approximate surface area is 246 Å². The maximum Gasteiger partial charge on any atom is 0.0725 e. The van der Waals surface area contributed by atoms with Gasteiger partial charge in [-0.15, -0.1) is 0 Å². The fraction of sp³-hybridized carbons (Fsp3) is 0.0476. The van der Waals surface area contributed by atoms with Gasteiger partial charge in [-0.1, -0.05) is 158 Å². The normalized spacial score (nSPS) is 13.5. The molecule has 7 aromatic carbocycles. The van der Waals surface area contributed by atoms with Gasteiger partial charge in [-0.25, -0.2) is 0 Å². The molecule has 196 valence electrons. The molecule has 0 fully saturated rings. The van der Waals surface area contributed by atoms with Crippen LogP contribution in [-0.4, -0.2) is 0 Å². The van der Waals surface area contributed by atoms with Crippen LogP contribution in [0.1, 0.15) is 33.4 Å². The minimum Gasteiger partial charge on any atom is -0.0619 e. The van der Waals surface area contributed by atoms with Crippen molar-refractivity contribution >= 4 is 10.8 Å². The molecule has 0 nitrogen and oxygen atoms in total. The first kappa shape index (κ1) is 23.5. The molecular formula is C42H28. The van der Waals surface area contributed by atoms with E-state index in [-0.39, 0.29) is 5.41 Å². The maximum atomic E-state index is 2.49. The second-order valence-corrected chi connectivity index (χ2v) is 11.7. The van der Waals surface area contributed by atoms with E-state index in [4.69, 9.17) is 0 Å². The largest absolute Gasteiger partial charge is 0.0725 e. The van der Waals surface area contributed by atoms with E-state index < -0.39 is 0 Å². The van der Waals surface area contributed by atoms with Crippen molar-refractivity contribution < 1.29 is 0 Å². The number of hydrogen-bond acceptors (Lipinski definition) is 0. The summed E-state index contributed by atoms with van der Waals surface area (Å²) in [4.78, 5) is 0. The van der Waals surface area contributed by atoms with Gasteiger partial charge in [0.15, 0.2) is 0 Å². The molecule has 0 heterocycles. The third kappa shape index (κ3) is 3.18. The molecule has 0 aromatic heterocycles. The van der Waals surface area contributed by atoms with E-state index in [1.807, 2.05) is 0 Å². The van der Waals surface area contributed by atoms with Gasteiger partial charge >= 0.3 is 0 Å². The average molecular weight is 533 g/mol. The molecule has 0 unspecified atom stereocenters. The van der Waals surface area contributed by atoms with Gasteiger partial charge < -0.3 is 0 Å². The summed E-state index contributed by atoms with van der Waals surface area (Å²) in [6.07, 6.45) is 0.902. The van der Waals surface area contributed by atoms with Gasteiger partial charge in [0.2, 0.25) is 0 Å². The van der Waals surface area contributed by atoms with Crippen molar-refractivity contribution in [2.24, 2.45) is 0 Å². The minimum atomic E-state index is -0.284. The van der Waals surface area contributed by atoms with Gasteiger partial charge in [0.05, 0.1) is 5.41 Å². The van der Waals surface area contributed by atoms with Gasteiger partial charge in [-0.2, -0.15) is 0 Å². The van der Waals surface area contributed by atoms with Gasteiger partial charge in [0.25, 0.3) is 0 Å². The molecule has 0 saturated heterocycles. The van der Waals surface area contributed by atoms with Crippen LogP contribution in [0.25, 0.3) is 44.2 Å². The number of fused-ring (bicyclic) bond motifs is 11. The summed E-state index contributed by atoms with van der Waals surface area (Å²) in [6, 6.07) is 58.7. The van der Waals surface area contributed by atoms with Crippen LogP contribution < -0.4 is 0 Å². The molecule has 0 aliphatic heterocycles. The third-order valence-corrected chi connectivity index (χ3v) is 9.52. The van der Waals surface area contributed by atoms with Crippen molar-refractivity contribution in [2.45, 2.75) is 11.8 Å². The molecule has 0 N–H and O–H groups in total. The first-order valence-electron chi connectivity index (χ1n) is 14.8. The monoisotopic (exact) mass is 532 g/mol. The van der Waals surface area contributed by atoms with Crippen LogP contribution in [0, 0.1) is 0 Å². The predicted molar refractivity (Wildman–Crippen MR) is 175 cm³/mol. The molecule has 0 amide bonds. The van der Waals surface area contributed by atoms with E-state index in [0.29, 0.717) is 0 Å². The molecule has 0 radical (unpaired) electrons. The Morgan fingerprint density at radius 2 is 0.857 bits per heavy atom. The van der Waals surface area contributed by atoms with E-state index in [1.54, 1.807) is 0 Å². The molecule has 2 aliphatic rings. The molecule has 0 atom stereocenters. The van der Waals surface area contributed by atoms with Crippen LogP contribution in [0.3, 0.4) is 0 Å². The smallest absolute Gasteiger partial charge is 0.0619 e. The summed E-state index contributed by atoms with van der Waals surface area (Å²) < 4.78 is 0. The zero-order chi connectivity index (χ0) is 27.7. The quantitative estimate of drug-likeness (QED) is 0.212. The lowest BCUT2D eigenvalue weighted by Gasteiger charge is -2.30. The van der Waals surface area contributed by atoms with E-state index in [9.17, 15) is 0 Å². The van der Waals surface area contributed by atoms with Crippen molar-refractivity contribution in [3.05, 3.63) is 191 Å². The standard InChI is InChI=1S/C42H28/c1-2-12-32-30(10-1)11-9-16-33(32)31-23-20-28(21-24-31)26-29-22-25-37-36-15-5-8-19-40(36)42(41(37)27-29)38-17-6-3-13-34(38)35-14-4-7-18-39(35)42/h1-25,27H,26H2. The SMILES string of the molecule is c1ccc2c(c1)-c1ccccc1C21c2ccccc2-c2ccc(Cc3ccc(-c4cccc5ccccc45)cc3)cc21. The summed E-state index contributed by atoms with van der Waals surface area (Å²) in [5, 5.41) is 2.58. The summed E-state index contributed by atoms with van der Waals surface area (Å²) in [5.74, 6) is 0. The molecule has 7 aromatic rings. The number of hydrogen-bond donors (Lipinski definition) is 0. The van der Waals surface area contributed by atoms with Crippen LogP contribution in [-0.2, 0) is 11.8 Å². The second-order valence-electron chi connectivity index (χ2n) is 11.7. The van der Waals surface area contributed by atoms with Crippen LogP contribution in [0.2, 0.25) is 0 Å². The summed E-state index contributed by atoms with van der Waals surface area (Å²) in [6.45, 7) is 0. The zero-order valence-electron chi connectivity index (χ0n) is 23.2. The highest BCUT2D eigenvalue weighted by atomic mass is 14.5. The van der Waals surface area contributed by atoms with Gasteiger partial charge in [0.1, 0.15) is 0 Å². The van der Waals surface area contributed by atoms with Crippen molar-refractivity contribution in [2.75, 3.05) is 0 Å². The molecule has 9 rings (SSSR count). The zero-order valence-corrected chi connectivity index (χ0v) is 23.2. The first-order valence-corrected chi connectivity index (χ1v) is 14.8. The fourth-order valence-corrected chi connectivity index (χ4v) is 7.77. The maximum absolute atomic E-state index is 2.49. The van der Waals surface area contributed by atoms with Crippen molar-refractivity contribution in [3.8, 4) is 33.4 Å². The Kier molecular flexibility index (Phi) is 4.98. The lowest BCUT2D eigenvalue weighted by Crippen LogP contribution is -2.26. The van der Waals surface area contributed by atoms with E-state index >= 15 is 0 Å². The molecule has 42 heavy (non-hydrogen) atoms. The molecule has 0 heteroatoms. The van der Waals surface area contributed by atoms with Gasteiger partial charge in [0, 0.05) is 0 Å². The third-order valence-electron chi connectivity index (χ3n) is 9.52. The first-order chi connectivity index (χ1) is 20.8. The average Bonchev–Trinajstić information content (AvgIpc) is 3.52. The highest BCUT2D eigenvalue weighted by Gasteiger charge is 2.51. The van der Waals surface area contributed by atoms with E-state index in [2.05, 4.69) is 158 Å². The Bertz CT molecular complexity index is 2090. The summed E-state index contributed by atoms with van der Waals surface area (Å²) in [5.41, 5.74) is 16.0. The molecule has 2 aliphatic carbocycles. The number of benzene rings is 7. The van der Waals surface area contributed by atoms with Crippen LogP contribution in [0.15, 0.2) is 158 Å². The van der Waals surface area contributed by atoms with Crippen molar-refractivity contribution in [1.82, 2.24) is 0 Å². The van der Waals surface area contributed by atoms with Gasteiger partial charge in [-0.3, -0.25) is 0 Å². The molecule has 0 bridgehead atoms. The summed E-state index contributed by atoms with van der Waals surface area (Å²) in [7, 11) is 0. The Balaban J connectivity index is 1.16. The van der Waals surface area contributed by atoms with E-state index in [0.717, 1.165) is 6.42 Å². The highest BCUT2D eigenvalue weighted by molar-refractivity contribution is 5.97.